The summed E-state index contributed by atoms with van der Waals surface area (Å²) in [6.45, 7) is 4.51. The normalized spacial score (nSPS) is 20.3. The quantitative estimate of drug-likeness (QED) is 0.233. The topological polar surface area (TPSA) is 143 Å². The Morgan fingerprint density at radius 2 is 1.46 bits per heavy atom. The summed E-state index contributed by atoms with van der Waals surface area (Å²) in [5.74, 6) is -2.11. The van der Waals surface area contributed by atoms with E-state index in [0.717, 1.165) is 22.6 Å². The monoisotopic (exact) mass is 648 g/mol. The van der Waals surface area contributed by atoms with Gasteiger partial charge in [-0.05, 0) is 60.7 Å². The summed E-state index contributed by atoms with van der Waals surface area (Å²) >= 11 is 1.74. The Morgan fingerprint density at radius 3 is 2.03 bits per heavy atom. The zero-order valence-electron chi connectivity index (χ0n) is 21.2. The molecular formula is C27H25IN2O9. The zero-order valence-corrected chi connectivity index (χ0v) is 23.4. The number of halogens is 1. The number of aromatic amines is 1. The van der Waals surface area contributed by atoms with E-state index in [9.17, 15) is 24.0 Å². The van der Waals surface area contributed by atoms with Crippen LogP contribution in [-0.4, -0.2) is 52.4 Å². The molecule has 0 bridgehead atoms. The van der Waals surface area contributed by atoms with Crippen LogP contribution in [0.3, 0.4) is 0 Å². The Labute approximate surface area is 236 Å². The maximum absolute atomic E-state index is 13.0. The van der Waals surface area contributed by atoms with E-state index < -0.39 is 53.7 Å². The summed E-state index contributed by atoms with van der Waals surface area (Å²) in [6, 6.07) is 13.3. The van der Waals surface area contributed by atoms with Crippen molar-refractivity contribution in [3.8, 4) is 0 Å². The minimum atomic E-state index is -1.31. The number of aromatic nitrogens is 2. The first-order valence-corrected chi connectivity index (χ1v) is 13.0. The van der Waals surface area contributed by atoms with Crippen molar-refractivity contribution in [2.45, 2.75) is 45.3 Å². The van der Waals surface area contributed by atoms with Crippen LogP contribution in [0.5, 0.6) is 0 Å². The van der Waals surface area contributed by atoms with Gasteiger partial charge in [0, 0.05) is 13.1 Å². The summed E-state index contributed by atoms with van der Waals surface area (Å²) in [6.07, 6.45) is -3.76. The molecule has 4 rings (SSSR count). The lowest BCUT2D eigenvalue weighted by molar-refractivity contribution is -0.156. The molecule has 0 spiro atoms. The van der Waals surface area contributed by atoms with Crippen molar-refractivity contribution in [3.05, 3.63) is 101 Å². The number of H-pyrrole nitrogens is 1. The van der Waals surface area contributed by atoms with Crippen LogP contribution in [0.15, 0.2) is 64.3 Å². The second-order valence-electron chi connectivity index (χ2n) is 8.98. The van der Waals surface area contributed by atoms with E-state index in [1.807, 2.05) is 13.8 Å². The second-order valence-corrected chi connectivity index (χ2v) is 10.1. The predicted molar refractivity (Wildman–Crippen MR) is 145 cm³/mol. The highest BCUT2D eigenvalue weighted by molar-refractivity contribution is 14.1. The lowest BCUT2D eigenvalue weighted by atomic mass is 10.1. The Morgan fingerprint density at radius 1 is 0.897 bits per heavy atom. The number of nitrogens with zero attached hydrogens (tertiary/aromatic N) is 1. The van der Waals surface area contributed by atoms with E-state index in [4.69, 9.17) is 18.9 Å². The molecular weight excluding hydrogens is 623 g/mol. The van der Waals surface area contributed by atoms with Crippen molar-refractivity contribution in [2.24, 2.45) is 0 Å². The van der Waals surface area contributed by atoms with Gasteiger partial charge in [0.25, 0.3) is 5.56 Å². The lowest BCUT2D eigenvalue weighted by Gasteiger charge is -2.24. The Bertz CT molecular complexity index is 1500. The molecule has 0 amide bonds. The number of carbonyl (C=O) groups excluding carboxylic acids is 3. The van der Waals surface area contributed by atoms with Crippen LogP contribution in [0.1, 0.15) is 45.0 Å². The third-order valence-corrected chi connectivity index (χ3v) is 6.75. The molecule has 11 nitrogen and oxygen atoms in total. The molecule has 204 valence electrons. The van der Waals surface area contributed by atoms with Crippen molar-refractivity contribution >= 4 is 40.5 Å². The van der Waals surface area contributed by atoms with E-state index in [2.05, 4.69) is 4.98 Å². The molecule has 1 aliphatic rings. The Kier molecular flexibility index (Phi) is 8.65. The smallest absolute Gasteiger partial charge is 0.338 e. The molecule has 1 aromatic heterocycles. The molecule has 1 fully saturated rings. The predicted octanol–water partition coefficient (Wildman–Crippen LogP) is 2.67. The van der Waals surface area contributed by atoms with Crippen LogP contribution in [0.25, 0.3) is 0 Å². The molecule has 2 aromatic carbocycles. The SMILES string of the molecule is CC(=O)O[C@@H]1[C@H](OC(=O)c2ccc(C)cc2)[C@H](COC(=O)c2ccc(C)cc2)O[C@H]1n1cc(I)c(=O)[nH]c1=O. The van der Waals surface area contributed by atoms with Gasteiger partial charge in [-0.1, -0.05) is 35.4 Å². The third kappa shape index (κ3) is 6.63. The van der Waals surface area contributed by atoms with E-state index in [-0.39, 0.29) is 15.7 Å². The minimum absolute atomic E-state index is 0.167. The van der Waals surface area contributed by atoms with Gasteiger partial charge in [0.2, 0.25) is 0 Å². The van der Waals surface area contributed by atoms with Gasteiger partial charge in [0.05, 0.1) is 14.7 Å². The number of esters is 3. The summed E-state index contributed by atoms with van der Waals surface area (Å²) in [5, 5.41) is 0. The van der Waals surface area contributed by atoms with Crippen LogP contribution in [0, 0.1) is 17.4 Å². The molecule has 3 aromatic rings. The van der Waals surface area contributed by atoms with E-state index in [0.29, 0.717) is 5.56 Å². The number of nitrogens with one attached hydrogen (secondary N) is 1. The van der Waals surface area contributed by atoms with Crippen molar-refractivity contribution in [1.29, 1.82) is 0 Å². The first-order valence-electron chi connectivity index (χ1n) is 11.9. The molecule has 2 heterocycles. The Hall–Kier alpha value is -3.78. The van der Waals surface area contributed by atoms with Gasteiger partial charge >= 0.3 is 23.6 Å². The van der Waals surface area contributed by atoms with E-state index in [1.54, 1.807) is 71.1 Å². The molecule has 0 radical (unpaired) electrons. The fourth-order valence-electron chi connectivity index (χ4n) is 3.99. The van der Waals surface area contributed by atoms with Crippen LogP contribution >= 0.6 is 22.6 Å². The number of hydrogen-bond acceptors (Lipinski definition) is 9. The number of benzene rings is 2. The zero-order chi connectivity index (χ0) is 28.3. The fraction of sp³-hybridized carbons (Fsp3) is 0.296. The molecule has 0 aliphatic carbocycles. The number of hydrogen-bond donors (Lipinski definition) is 1. The fourth-order valence-corrected chi connectivity index (χ4v) is 4.42. The highest BCUT2D eigenvalue weighted by Crippen LogP contribution is 2.34. The first kappa shape index (κ1) is 28.2. The number of carbonyl (C=O) groups is 3. The largest absolute Gasteiger partial charge is 0.459 e. The summed E-state index contributed by atoms with van der Waals surface area (Å²) < 4.78 is 23.9. The molecule has 1 aliphatic heterocycles. The van der Waals surface area contributed by atoms with E-state index in [1.165, 1.54) is 6.20 Å². The van der Waals surface area contributed by atoms with Gasteiger partial charge in [-0.2, -0.15) is 0 Å². The maximum atomic E-state index is 13.0. The standard InChI is InChI=1S/C27H25IN2O9/c1-14-4-8-17(9-5-14)25(33)36-13-20-21(39-26(34)18-10-6-15(2)7-11-18)22(37-16(3)31)24(38-20)30-12-19(28)23(32)29-27(30)35/h4-12,20-22,24H,13H2,1-3H3,(H,29,32,35)/t20-,21+,22+,24+/m0/s1. The van der Waals surface area contributed by atoms with Gasteiger partial charge in [0.1, 0.15) is 12.7 Å². The minimum Gasteiger partial charge on any atom is -0.459 e. The molecule has 4 atom stereocenters. The van der Waals surface area contributed by atoms with Gasteiger partial charge in [-0.15, -0.1) is 0 Å². The van der Waals surface area contributed by atoms with Crippen molar-refractivity contribution in [3.63, 3.8) is 0 Å². The molecule has 1 N–H and O–H groups in total. The van der Waals surface area contributed by atoms with Crippen molar-refractivity contribution in [1.82, 2.24) is 9.55 Å². The molecule has 0 unspecified atom stereocenters. The van der Waals surface area contributed by atoms with Crippen LogP contribution in [0.2, 0.25) is 0 Å². The van der Waals surface area contributed by atoms with Gasteiger partial charge in [-0.3, -0.25) is 19.1 Å². The van der Waals surface area contributed by atoms with E-state index >= 15 is 0 Å². The van der Waals surface area contributed by atoms with Crippen LogP contribution < -0.4 is 11.2 Å². The number of rotatable bonds is 7. The first-order chi connectivity index (χ1) is 18.5. The highest BCUT2D eigenvalue weighted by atomic mass is 127. The maximum Gasteiger partial charge on any atom is 0.338 e. The summed E-state index contributed by atoms with van der Waals surface area (Å²) in [5.41, 5.74) is 0.986. The summed E-state index contributed by atoms with van der Waals surface area (Å²) in [4.78, 5) is 64.5. The number of aryl methyl sites for hydroxylation is 2. The molecule has 0 saturated carbocycles. The van der Waals surface area contributed by atoms with Crippen molar-refractivity contribution < 1.29 is 33.3 Å². The van der Waals surface area contributed by atoms with Gasteiger partial charge in [0.15, 0.2) is 18.4 Å². The van der Waals surface area contributed by atoms with Gasteiger partial charge < -0.3 is 18.9 Å². The molecule has 39 heavy (non-hydrogen) atoms. The summed E-state index contributed by atoms with van der Waals surface area (Å²) in [7, 11) is 0. The Balaban J connectivity index is 1.67. The van der Waals surface area contributed by atoms with Crippen molar-refractivity contribution in [2.75, 3.05) is 6.61 Å². The molecule has 1 saturated heterocycles. The molecule has 12 heteroatoms. The lowest BCUT2D eigenvalue weighted by Crippen LogP contribution is -2.43. The average molecular weight is 648 g/mol. The highest BCUT2D eigenvalue weighted by Gasteiger charge is 2.51. The average Bonchev–Trinajstić information content (AvgIpc) is 3.21. The van der Waals surface area contributed by atoms with Crippen LogP contribution in [0.4, 0.5) is 0 Å². The van der Waals surface area contributed by atoms with Gasteiger partial charge in [-0.25, -0.2) is 14.4 Å². The van der Waals surface area contributed by atoms with Crippen LogP contribution in [-0.2, 0) is 23.7 Å². The second kappa shape index (κ2) is 11.9. The number of ether oxygens (including phenoxy) is 4. The third-order valence-electron chi connectivity index (χ3n) is 5.98.